The zero-order valence-electron chi connectivity index (χ0n) is 12.6. The molecule has 0 aromatic heterocycles. The first-order valence-corrected chi connectivity index (χ1v) is 7.18. The van der Waals surface area contributed by atoms with Gasteiger partial charge in [-0.1, -0.05) is 12.1 Å². The molecule has 1 heterocycles. The van der Waals surface area contributed by atoms with E-state index in [9.17, 15) is 9.59 Å². The van der Waals surface area contributed by atoms with Gasteiger partial charge in [-0.25, -0.2) is 0 Å². The third-order valence-electron chi connectivity index (χ3n) is 3.48. The molecular formula is C17H16N2O4. The highest BCUT2D eigenvalue weighted by Crippen LogP contribution is 2.25. The molecule has 0 radical (unpaired) electrons. The lowest BCUT2D eigenvalue weighted by Crippen LogP contribution is -2.24. The molecule has 0 saturated heterocycles. The number of hydrogen-bond acceptors (Lipinski definition) is 4. The summed E-state index contributed by atoms with van der Waals surface area (Å²) in [5.74, 6) is 0.472. The van der Waals surface area contributed by atoms with Crippen LogP contribution in [0.4, 0.5) is 5.69 Å². The average molecular weight is 312 g/mol. The van der Waals surface area contributed by atoms with Crippen molar-refractivity contribution in [3.63, 3.8) is 0 Å². The number of amides is 2. The summed E-state index contributed by atoms with van der Waals surface area (Å²) in [6.45, 7) is 0.877. The molecule has 6 heteroatoms. The highest BCUT2D eigenvalue weighted by atomic mass is 16.5. The van der Waals surface area contributed by atoms with E-state index < -0.39 is 0 Å². The number of methoxy groups -OCH3 is 1. The second-order valence-corrected chi connectivity index (χ2v) is 4.97. The Balaban J connectivity index is 1.86. The molecule has 0 fully saturated rings. The van der Waals surface area contributed by atoms with Crippen molar-refractivity contribution in [3.05, 3.63) is 53.6 Å². The van der Waals surface area contributed by atoms with Gasteiger partial charge in [-0.2, -0.15) is 0 Å². The number of carbonyl (C=O) groups is 2. The Morgan fingerprint density at radius 2 is 2.09 bits per heavy atom. The van der Waals surface area contributed by atoms with Crippen molar-refractivity contribution in [2.75, 3.05) is 25.6 Å². The van der Waals surface area contributed by atoms with Crippen molar-refractivity contribution in [2.24, 2.45) is 0 Å². The monoisotopic (exact) mass is 312 g/mol. The Morgan fingerprint density at radius 3 is 2.91 bits per heavy atom. The second kappa shape index (κ2) is 6.39. The Labute approximate surface area is 133 Å². The van der Waals surface area contributed by atoms with E-state index in [-0.39, 0.29) is 11.8 Å². The summed E-state index contributed by atoms with van der Waals surface area (Å²) in [7, 11) is 1.51. The van der Waals surface area contributed by atoms with E-state index in [0.29, 0.717) is 41.5 Å². The molecule has 0 atom stereocenters. The molecule has 1 aliphatic heterocycles. The fraction of sp³-hybridized carbons (Fsp3) is 0.176. The first-order chi connectivity index (χ1) is 11.2. The maximum absolute atomic E-state index is 12.4. The predicted molar refractivity (Wildman–Crippen MR) is 85.2 cm³/mol. The van der Waals surface area contributed by atoms with Crippen molar-refractivity contribution < 1.29 is 19.1 Å². The van der Waals surface area contributed by atoms with Crippen LogP contribution in [0, 0.1) is 0 Å². The quantitative estimate of drug-likeness (QED) is 0.909. The van der Waals surface area contributed by atoms with E-state index in [4.69, 9.17) is 9.47 Å². The van der Waals surface area contributed by atoms with Crippen LogP contribution in [0.15, 0.2) is 42.5 Å². The summed E-state index contributed by atoms with van der Waals surface area (Å²) in [6.07, 6.45) is 0. The van der Waals surface area contributed by atoms with Gasteiger partial charge >= 0.3 is 0 Å². The summed E-state index contributed by atoms with van der Waals surface area (Å²) in [6, 6.07) is 11.9. The summed E-state index contributed by atoms with van der Waals surface area (Å²) in [5.41, 5.74) is 1.34. The highest BCUT2D eigenvalue weighted by Gasteiger charge is 2.18. The highest BCUT2D eigenvalue weighted by molar-refractivity contribution is 6.07. The van der Waals surface area contributed by atoms with Crippen LogP contribution in [0.3, 0.4) is 0 Å². The maximum Gasteiger partial charge on any atom is 0.259 e. The zero-order chi connectivity index (χ0) is 16.2. The fourth-order valence-electron chi connectivity index (χ4n) is 2.36. The van der Waals surface area contributed by atoms with Gasteiger partial charge < -0.3 is 20.1 Å². The van der Waals surface area contributed by atoms with Crippen molar-refractivity contribution in [3.8, 4) is 11.5 Å². The Bertz CT molecular complexity index is 758. The Morgan fingerprint density at radius 1 is 1.26 bits per heavy atom. The minimum atomic E-state index is -0.308. The average Bonchev–Trinajstić information content (AvgIpc) is 2.76. The number of para-hydroxylation sites is 1. The Hall–Kier alpha value is -3.02. The molecule has 0 bridgehead atoms. The summed E-state index contributed by atoms with van der Waals surface area (Å²) < 4.78 is 10.7. The van der Waals surface area contributed by atoms with Gasteiger partial charge in [0.25, 0.3) is 11.8 Å². The number of ether oxygens (including phenoxy) is 2. The lowest BCUT2D eigenvalue weighted by atomic mass is 10.1. The van der Waals surface area contributed by atoms with E-state index in [0.717, 1.165) is 0 Å². The molecule has 0 spiro atoms. The fourth-order valence-corrected chi connectivity index (χ4v) is 2.36. The lowest BCUT2D eigenvalue weighted by Gasteiger charge is -2.11. The van der Waals surface area contributed by atoms with Gasteiger partial charge in [0.2, 0.25) is 0 Å². The van der Waals surface area contributed by atoms with Crippen LogP contribution in [0.2, 0.25) is 0 Å². The molecule has 6 nitrogen and oxygen atoms in total. The molecule has 2 aromatic rings. The molecule has 0 unspecified atom stereocenters. The number of nitrogens with one attached hydrogen (secondary N) is 2. The molecule has 118 valence electrons. The van der Waals surface area contributed by atoms with Crippen LogP contribution in [0.5, 0.6) is 11.5 Å². The van der Waals surface area contributed by atoms with Gasteiger partial charge in [0.1, 0.15) is 18.1 Å². The summed E-state index contributed by atoms with van der Waals surface area (Å²) in [4.78, 5) is 24.4. The van der Waals surface area contributed by atoms with Gasteiger partial charge in [0.05, 0.1) is 24.8 Å². The molecule has 3 rings (SSSR count). The number of hydrogen-bond donors (Lipinski definition) is 2. The van der Waals surface area contributed by atoms with Gasteiger partial charge in [-0.3, -0.25) is 9.59 Å². The second-order valence-electron chi connectivity index (χ2n) is 4.97. The molecule has 0 saturated carbocycles. The van der Waals surface area contributed by atoms with Crippen LogP contribution in [0.25, 0.3) is 0 Å². The molecule has 23 heavy (non-hydrogen) atoms. The van der Waals surface area contributed by atoms with E-state index >= 15 is 0 Å². The van der Waals surface area contributed by atoms with Crippen molar-refractivity contribution in [1.82, 2.24) is 5.32 Å². The SMILES string of the molecule is COc1ccccc1C(=O)Nc1ccc2c(c1)C(=O)NCCO2. The number of rotatable bonds is 3. The lowest BCUT2D eigenvalue weighted by molar-refractivity contribution is 0.0955. The topological polar surface area (TPSA) is 76.7 Å². The van der Waals surface area contributed by atoms with E-state index in [2.05, 4.69) is 10.6 Å². The van der Waals surface area contributed by atoms with Crippen LogP contribution in [-0.4, -0.2) is 32.1 Å². The molecule has 0 aliphatic carbocycles. The van der Waals surface area contributed by atoms with E-state index in [1.165, 1.54) is 7.11 Å². The predicted octanol–water partition coefficient (Wildman–Crippen LogP) is 2.07. The van der Waals surface area contributed by atoms with Crippen molar-refractivity contribution in [1.29, 1.82) is 0 Å². The molecule has 2 amide bonds. The van der Waals surface area contributed by atoms with E-state index in [1.807, 2.05) is 0 Å². The minimum absolute atomic E-state index is 0.217. The van der Waals surface area contributed by atoms with E-state index in [1.54, 1.807) is 42.5 Å². The first kappa shape index (κ1) is 14.9. The van der Waals surface area contributed by atoms with Gasteiger partial charge in [0, 0.05) is 5.69 Å². The molecule has 1 aliphatic rings. The smallest absolute Gasteiger partial charge is 0.259 e. The van der Waals surface area contributed by atoms with Gasteiger partial charge in [0.15, 0.2) is 0 Å². The summed E-state index contributed by atoms with van der Waals surface area (Å²) in [5, 5.41) is 5.50. The first-order valence-electron chi connectivity index (χ1n) is 7.18. The van der Waals surface area contributed by atoms with Crippen LogP contribution >= 0.6 is 0 Å². The van der Waals surface area contributed by atoms with Gasteiger partial charge in [-0.15, -0.1) is 0 Å². The summed E-state index contributed by atoms with van der Waals surface area (Å²) >= 11 is 0. The largest absolute Gasteiger partial charge is 0.496 e. The van der Waals surface area contributed by atoms with Crippen molar-refractivity contribution >= 4 is 17.5 Å². The number of anilines is 1. The normalized spacial score (nSPS) is 13.2. The molecule has 2 N–H and O–H groups in total. The molecule has 2 aromatic carbocycles. The van der Waals surface area contributed by atoms with Crippen LogP contribution in [0.1, 0.15) is 20.7 Å². The van der Waals surface area contributed by atoms with Crippen molar-refractivity contribution in [2.45, 2.75) is 0 Å². The number of fused-ring (bicyclic) bond motifs is 1. The minimum Gasteiger partial charge on any atom is -0.496 e. The third-order valence-corrected chi connectivity index (χ3v) is 3.48. The van der Waals surface area contributed by atoms with Gasteiger partial charge in [-0.05, 0) is 30.3 Å². The van der Waals surface area contributed by atoms with Crippen LogP contribution < -0.4 is 20.1 Å². The third kappa shape index (κ3) is 3.11. The zero-order valence-corrected chi connectivity index (χ0v) is 12.6. The Kier molecular flexibility index (Phi) is 4.14. The standard InChI is InChI=1S/C17H16N2O4/c1-22-14-5-3-2-4-12(14)17(21)19-11-6-7-15-13(10-11)16(20)18-8-9-23-15/h2-7,10H,8-9H2,1H3,(H,18,20)(H,19,21). The number of benzene rings is 2. The molecular weight excluding hydrogens is 296 g/mol. The number of carbonyl (C=O) groups excluding carboxylic acids is 2. The maximum atomic E-state index is 12.4. The van der Waals surface area contributed by atoms with Crippen LogP contribution in [-0.2, 0) is 0 Å².